The summed E-state index contributed by atoms with van der Waals surface area (Å²) in [5, 5.41) is 3.28. The summed E-state index contributed by atoms with van der Waals surface area (Å²) in [6.45, 7) is 6.02. The number of nitrogens with zero attached hydrogens (tertiary/aromatic N) is 4. The van der Waals surface area contributed by atoms with Crippen LogP contribution in [0.1, 0.15) is 29.5 Å². The first-order valence-corrected chi connectivity index (χ1v) is 10.9. The van der Waals surface area contributed by atoms with Crippen molar-refractivity contribution in [3.05, 3.63) is 54.0 Å². The fraction of sp³-hybridized carbons (Fsp3) is 0.435. The Balaban J connectivity index is 1.38. The number of guanidine groups is 1. The molecular formula is C23H29N5O3. The fourth-order valence-corrected chi connectivity index (χ4v) is 4.12. The van der Waals surface area contributed by atoms with E-state index in [1.54, 1.807) is 17.0 Å². The van der Waals surface area contributed by atoms with Crippen LogP contribution in [0.2, 0.25) is 0 Å². The Kier molecular flexibility index (Phi) is 6.54. The van der Waals surface area contributed by atoms with Crippen molar-refractivity contribution in [1.29, 1.82) is 0 Å². The van der Waals surface area contributed by atoms with Crippen LogP contribution >= 0.6 is 0 Å². The predicted octanol–water partition coefficient (Wildman–Crippen LogP) is 1.98. The van der Waals surface area contributed by atoms with E-state index in [9.17, 15) is 9.59 Å². The highest BCUT2D eigenvalue weighted by atomic mass is 16.3. The van der Waals surface area contributed by atoms with Gasteiger partial charge in [-0.2, -0.15) is 0 Å². The molecule has 8 heteroatoms. The van der Waals surface area contributed by atoms with E-state index in [0.29, 0.717) is 44.4 Å². The molecule has 1 aromatic carbocycles. The number of furan rings is 1. The summed E-state index contributed by atoms with van der Waals surface area (Å²) in [5.74, 6) is 0.993. The molecule has 2 aliphatic heterocycles. The van der Waals surface area contributed by atoms with Gasteiger partial charge >= 0.3 is 0 Å². The molecule has 0 saturated carbocycles. The Morgan fingerprint density at radius 1 is 1.03 bits per heavy atom. The normalized spacial score (nSPS) is 16.8. The summed E-state index contributed by atoms with van der Waals surface area (Å²) in [6, 6.07) is 11.5. The second-order valence-electron chi connectivity index (χ2n) is 7.70. The zero-order chi connectivity index (χ0) is 21.6. The number of nitrogens with one attached hydrogen (secondary N) is 1. The monoisotopic (exact) mass is 423 g/mol. The van der Waals surface area contributed by atoms with Crippen LogP contribution in [0.15, 0.2) is 52.1 Å². The van der Waals surface area contributed by atoms with E-state index in [1.165, 1.54) is 11.8 Å². The summed E-state index contributed by atoms with van der Waals surface area (Å²) in [6.07, 6.45) is 3.49. The van der Waals surface area contributed by atoms with Crippen molar-refractivity contribution in [2.75, 3.05) is 50.7 Å². The number of amides is 2. The number of carbonyl (C=O) groups excluding carboxylic acids is 2. The van der Waals surface area contributed by atoms with Crippen molar-refractivity contribution in [3.63, 3.8) is 0 Å². The summed E-state index contributed by atoms with van der Waals surface area (Å²) in [7, 11) is 0. The number of benzene rings is 1. The quantitative estimate of drug-likeness (QED) is 0.601. The Bertz CT molecular complexity index is 932. The van der Waals surface area contributed by atoms with Gasteiger partial charge in [0.1, 0.15) is 6.54 Å². The maximum Gasteiger partial charge on any atom is 0.289 e. The lowest BCUT2D eigenvalue weighted by atomic mass is 10.0. The largest absolute Gasteiger partial charge is 0.459 e. The van der Waals surface area contributed by atoms with Crippen LogP contribution in [-0.2, 0) is 11.2 Å². The van der Waals surface area contributed by atoms with Crippen LogP contribution in [0.4, 0.5) is 5.69 Å². The van der Waals surface area contributed by atoms with Crippen molar-refractivity contribution in [2.24, 2.45) is 4.99 Å². The first-order chi connectivity index (χ1) is 15.2. The minimum Gasteiger partial charge on any atom is -0.459 e. The molecule has 2 aliphatic rings. The molecule has 0 spiro atoms. The molecule has 1 aromatic heterocycles. The maximum atomic E-state index is 12.9. The predicted molar refractivity (Wildman–Crippen MR) is 119 cm³/mol. The minimum absolute atomic E-state index is 0.00851. The van der Waals surface area contributed by atoms with Gasteiger partial charge < -0.3 is 24.4 Å². The summed E-state index contributed by atoms with van der Waals surface area (Å²) in [5.41, 5.74) is 2.22. The van der Waals surface area contributed by atoms with Crippen LogP contribution in [0, 0.1) is 0 Å². The number of fused-ring (bicyclic) bond motifs is 1. The average molecular weight is 424 g/mol. The zero-order valence-corrected chi connectivity index (χ0v) is 17.9. The van der Waals surface area contributed by atoms with Gasteiger partial charge in [0.25, 0.3) is 5.91 Å². The first-order valence-electron chi connectivity index (χ1n) is 10.9. The van der Waals surface area contributed by atoms with Gasteiger partial charge in [0.05, 0.1) is 6.26 Å². The van der Waals surface area contributed by atoms with Crippen molar-refractivity contribution in [1.82, 2.24) is 15.1 Å². The van der Waals surface area contributed by atoms with Gasteiger partial charge in [-0.3, -0.25) is 9.59 Å². The van der Waals surface area contributed by atoms with Gasteiger partial charge in [0.15, 0.2) is 11.7 Å². The van der Waals surface area contributed by atoms with Crippen molar-refractivity contribution in [3.8, 4) is 0 Å². The van der Waals surface area contributed by atoms with Gasteiger partial charge in [-0.05, 0) is 43.5 Å². The SMILES string of the molecule is CCNC(=NCC(=O)N1CCCc2ccccc21)N1CCN(C(=O)c2ccco2)CC1. The van der Waals surface area contributed by atoms with Crippen LogP contribution in [0.3, 0.4) is 0 Å². The highest BCUT2D eigenvalue weighted by Crippen LogP contribution is 2.26. The molecular weight excluding hydrogens is 394 g/mol. The topological polar surface area (TPSA) is 81.4 Å². The van der Waals surface area contributed by atoms with Gasteiger partial charge in [-0.15, -0.1) is 0 Å². The Morgan fingerprint density at radius 2 is 1.81 bits per heavy atom. The third kappa shape index (κ3) is 4.73. The van der Waals surface area contributed by atoms with E-state index < -0.39 is 0 Å². The lowest BCUT2D eigenvalue weighted by Crippen LogP contribution is -2.54. The molecule has 2 amide bonds. The van der Waals surface area contributed by atoms with Crippen LogP contribution < -0.4 is 10.2 Å². The highest BCUT2D eigenvalue weighted by molar-refractivity contribution is 5.97. The Labute approximate surface area is 182 Å². The van der Waals surface area contributed by atoms with Crippen molar-refractivity contribution >= 4 is 23.5 Å². The fourth-order valence-electron chi connectivity index (χ4n) is 4.12. The number of hydrogen-bond acceptors (Lipinski definition) is 4. The van der Waals surface area contributed by atoms with E-state index in [1.807, 2.05) is 30.0 Å². The second kappa shape index (κ2) is 9.68. The molecule has 4 rings (SSSR count). The van der Waals surface area contributed by atoms with Crippen LogP contribution in [0.5, 0.6) is 0 Å². The molecule has 1 N–H and O–H groups in total. The number of aliphatic imine (C=N–C) groups is 1. The zero-order valence-electron chi connectivity index (χ0n) is 17.9. The van der Waals surface area contributed by atoms with Gasteiger partial charge in [-0.1, -0.05) is 18.2 Å². The van der Waals surface area contributed by atoms with Crippen LogP contribution in [-0.4, -0.2) is 73.4 Å². The van der Waals surface area contributed by atoms with Crippen molar-refractivity contribution in [2.45, 2.75) is 19.8 Å². The first kappa shape index (κ1) is 21.0. The highest BCUT2D eigenvalue weighted by Gasteiger charge is 2.26. The number of para-hydroxylation sites is 1. The second-order valence-corrected chi connectivity index (χ2v) is 7.70. The van der Waals surface area contributed by atoms with Gasteiger partial charge in [0, 0.05) is 45.0 Å². The Morgan fingerprint density at radius 3 is 2.55 bits per heavy atom. The molecule has 0 atom stereocenters. The molecule has 1 saturated heterocycles. The summed E-state index contributed by atoms with van der Waals surface area (Å²) < 4.78 is 5.23. The lowest BCUT2D eigenvalue weighted by molar-refractivity contribution is -0.117. The molecule has 0 unspecified atom stereocenters. The number of aryl methyl sites for hydroxylation is 1. The average Bonchev–Trinajstić information content (AvgIpc) is 3.36. The maximum absolute atomic E-state index is 12.9. The molecule has 3 heterocycles. The minimum atomic E-state index is -0.0921. The van der Waals surface area contributed by atoms with E-state index in [0.717, 1.165) is 25.1 Å². The molecule has 31 heavy (non-hydrogen) atoms. The molecule has 8 nitrogen and oxygen atoms in total. The number of carbonyl (C=O) groups is 2. The third-order valence-corrected chi connectivity index (χ3v) is 5.71. The smallest absolute Gasteiger partial charge is 0.289 e. The Hall–Kier alpha value is -3.29. The number of rotatable bonds is 4. The summed E-state index contributed by atoms with van der Waals surface area (Å²) in [4.78, 5) is 35.8. The number of hydrogen-bond donors (Lipinski definition) is 1. The molecule has 164 valence electrons. The van der Waals surface area contributed by atoms with E-state index in [-0.39, 0.29) is 18.4 Å². The number of piperazine rings is 1. The molecule has 1 fully saturated rings. The van der Waals surface area contributed by atoms with E-state index in [2.05, 4.69) is 21.3 Å². The van der Waals surface area contributed by atoms with Crippen LogP contribution in [0.25, 0.3) is 0 Å². The molecule has 0 aliphatic carbocycles. The van der Waals surface area contributed by atoms with Gasteiger partial charge in [-0.25, -0.2) is 4.99 Å². The van der Waals surface area contributed by atoms with E-state index >= 15 is 0 Å². The standard InChI is InChI=1S/C23H29N5O3/c1-2-24-23(27-14-12-26(13-15-27)22(30)20-10-6-16-31-20)25-17-21(29)28-11-5-8-18-7-3-4-9-19(18)28/h3-4,6-7,9-10,16H,2,5,8,11-15,17H2,1H3,(H,24,25). The summed E-state index contributed by atoms with van der Waals surface area (Å²) >= 11 is 0. The lowest BCUT2D eigenvalue weighted by Gasteiger charge is -2.36. The third-order valence-electron chi connectivity index (χ3n) is 5.71. The van der Waals surface area contributed by atoms with Gasteiger partial charge in [0.2, 0.25) is 5.91 Å². The van der Waals surface area contributed by atoms with Crippen molar-refractivity contribution < 1.29 is 14.0 Å². The van der Waals surface area contributed by atoms with E-state index in [4.69, 9.17) is 4.42 Å². The molecule has 0 radical (unpaired) electrons. The molecule has 2 aromatic rings. The number of anilines is 1. The molecule has 0 bridgehead atoms.